The Balaban J connectivity index is 2.07. The molecule has 0 heterocycles. The van der Waals surface area contributed by atoms with Crippen LogP contribution in [0.2, 0.25) is 0 Å². The predicted molar refractivity (Wildman–Crippen MR) is 94.0 cm³/mol. The minimum Gasteiger partial charge on any atom is -0.0651 e. The molecule has 108 valence electrons. The zero-order valence-electron chi connectivity index (χ0n) is 13.3. The average molecular weight is 276 g/mol. The molecule has 0 aliphatic rings. The molecule has 0 nitrogen and oxygen atoms in total. The summed E-state index contributed by atoms with van der Waals surface area (Å²) in [6, 6.07) is 18.3. The number of fused-ring (bicyclic) bond motifs is 3. The number of benzene rings is 3. The van der Waals surface area contributed by atoms with E-state index >= 15 is 0 Å². The van der Waals surface area contributed by atoms with E-state index in [1.165, 1.54) is 51.9 Å². The molecule has 0 aliphatic heterocycles. The van der Waals surface area contributed by atoms with Crippen molar-refractivity contribution in [3.8, 4) is 0 Å². The summed E-state index contributed by atoms with van der Waals surface area (Å²) in [5, 5.41) is 5.46. The second-order valence-corrected chi connectivity index (χ2v) is 6.23. The quantitative estimate of drug-likeness (QED) is 0.492. The summed E-state index contributed by atoms with van der Waals surface area (Å²) >= 11 is 0. The Morgan fingerprint density at radius 3 is 2.05 bits per heavy atom. The molecule has 0 fully saturated rings. The van der Waals surface area contributed by atoms with Crippen LogP contribution in [0.5, 0.6) is 0 Å². The third-order valence-corrected chi connectivity index (χ3v) is 4.73. The standard InChI is InChI=1S/C21H24/c1-4-16(5-2)13-17-7-11-21-19(14-17)9-8-18-12-15(3)6-10-20(18)21/h6-12,14,16H,4-5,13H2,1-3H3. The zero-order valence-corrected chi connectivity index (χ0v) is 13.3. The normalized spacial score (nSPS) is 11.6. The van der Waals surface area contributed by atoms with E-state index in [9.17, 15) is 0 Å². The Labute approximate surface area is 127 Å². The number of hydrogen-bond donors (Lipinski definition) is 0. The molecule has 0 aromatic heterocycles. The SMILES string of the molecule is CCC(CC)Cc1ccc2c(ccc3cc(C)ccc32)c1. The van der Waals surface area contributed by atoms with Crippen molar-refractivity contribution >= 4 is 21.5 Å². The first-order valence-electron chi connectivity index (χ1n) is 8.13. The predicted octanol–water partition coefficient (Wildman–Crippen LogP) is 6.28. The molecule has 0 heteroatoms. The van der Waals surface area contributed by atoms with Crippen LogP contribution in [0.15, 0.2) is 48.5 Å². The molecule has 3 aromatic carbocycles. The molecule has 3 rings (SSSR count). The Hall–Kier alpha value is -1.82. The Bertz CT molecular complexity index is 763. The second-order valence-electron chi connectivity index (χ2n) is 6.23. The minimum absolute atomic E-state index is 0.811. The molecular weight excluding hydrogens is 252 g/mol. The minimum atomic E-state index is 0.811. The lowest BCUT2D eigenvalue weighted by atomic mass is 9.92. The van der Waals surface area contributed by atoms with Gasteiger partial charge in [-0.1, -0.05) is 80.8 Å². The summed E-state index contributed by atoms with van der Waals surface area (Å²) in [4.78, 5) is 0. The van der Waals surface area contributed by atoms with E-state index in [0.717, 1.165) is 5.92 Å². The zero-order chi connectivity index (χ0) is 14.8. The van der Waals surface area contributed by atoms with Crippen molar-refractivity contribution in [2.24, 2.45) is 5.92 Å². The molecule has 3 aromatic rings. The first kappa shape index (κ1) is 14.1. The summed E-state index contributed by atoms with van der Waals surface area (Å²) < 4.78 is 0. The van der Waals surface area contributed by atoms with Gasteiger partial charge in [-0.15, -0.1) is 0 Å². The van der Waals surface area contributed by atoms with Gasteiger partial charge in [0.05, 0.1) is 0 Å². The molecule has 0 radical (unpaired) electrons. The monoisotopic (exact) mass is 276 g/mol. The van der Waals surface area contributed by atoms with Crippen LogP contribution >= 0.6 is 0 Å². The van der Waals surface area contributed by atoms with Gasteiger partial charge in [-0.25, -0.2) is 0 Å². The van der Waals surface area contributed by atoms with E-state index in [1.54, 1.807) is 0 Å². The van der Waals surface area contributed by atoms with E-state index in [1.807, 2.05) is 0 Å². The highest BCUT2D eigenvalue weighted by molar-refractivity contribution is 6.07. The van der Waals surface area contributed by atoms with Crippen molar-refractivity contribution in [1.29, 1.82) is 0 Å². The molecule has 0 unspecified atom stereocenters. The summed E-state index contributed by atoms with van der Waals surface area (Å²) in [6.45, 7) is 6.75. The van der Waals surface area contributed by atoms with Gasteiger partial charge in [0.2, 0.25) is 0 Å². The number of hydrogen-bond acceptors (Lipinski definition) is 0. The van der Waals surface area contributed by atoms with Crippen LogP contribution in [0.4, 0.5) is 0 Å². The molecule has 21 heavy (non-hydrogen) atoms. The molecule has 0 spiro atoms. The Kier molecular flexibility index (Phi) is 3.96. The first-order valence-corrected chi connectivity index (χ1v) is 8.13. The fourth-order valence-electron chi connectivity index (χ4n) is 3.28. The highest BCUT2D eigenvalue weighted by atomic mass is 14.1. The van der Waals surface area contributed by atoms with Crippen molar-refractivity contribution in [2.75, 3.05) is 0 Å². The fraction of sp³-hybridized carbons (Fsp3) is 0.333. The van der Waals surface area contributed by atoms with Gasteiger partial charge in [-0.2, -0.15) is 0 Å². The smallest absolute Gasteiger partial charge is 0.0105 e. The lowest BCUT2D eigenvalue weighted by Gasteiger charge is -2.13. The Morgan fingerprint density at radius 2 is 1.38 bits per heavy atom. The van der Waals surface area contributed by atoms with E-state index in [0.29, 0.717) is 0 Å². The maximum absolute atomic E-state index is 2.38. The topological polar surface area (TPSA) is 0 Å². The fourth-order valence-corrected chi connectivity index (χ4v) is 3.28. The van der Waals surface area contributed by atoms with Gasteiger partial charge >= 0.3 is 0 Å². The van der Waals surface area contributed by atoms with Crippen LogP contribution in [0.3, 0.4) is 0 Å². The van der Waals surface area contributed by atoms with Crippen molar-refractivity contribution in [1.82, 2.24) is 0 Å². The highest BCUT2D eigenvalue weighted by Crippen LogP contribution is 2.28. The number of aryl methyl sites for hydroxylation is 1. The maximum Gasteiger partial charge on any atom is -0.0105 e. The van der Waals surface area contributed by atoms with Gasteiger partial charge in [0.1, 0.15) is 0 Å². The van der Waals surface area contributed by atoms with Crippen molar-refractivity contribution in [2.45, 2.75) is 40.0 Å². The van der Waals surface area contributed by atoms with Gasteiger partial charge < -0.3 is 0 Å². The van der Waals surface area contributed by atoms with Crippen molar-refractivity contribution in [3.63, 3.8) is 0 Å². The van der Waals surface area contributed by atoms with Gasteiger partial charge in [0.15, 0.2) is 0 Å². The third-order valence-electron chi connectivity index (χ3n) is 4.73. The summed E-state index contributed by atoms with van der Waals surface area (Å²) in [5.74, 6) is 0.811. The molecule has 0 atom stereocenters. The van der Waals surface area contributed by atoms with Crippen molar-refractivity contribution < 1.29 is 0 Å². The third kappa shape index (κ3) is 2.81. The summed E-state index contributed by atoms with van der Waals surface area (Å²) in [6.07, 6.45) is 3.74. The van der Waals surface area contributed by atoms with Crippen LogP contribution in [0.1, 0.15) is 37.8 Å². The first-order chi connectivity index (χ1) is 10.2. The van der Waals surface area contributed by atoms with Gasteiger partial charge in [-0.05, 0) is 46.4 Å². The van der Waals surface area contributed by atoms with Gasteiger partial charge in [-0.3, -0.25) is 0 Å². The van der Waals surface area contributed by atoms with Gasteiger partial charge in [0.25, 0.3) is 0 Å². The maximum atomic E-state index is 2.38. The van der Waals surface area contributed by atoms with Crippen LogP contribution in [-0.4, -0.2) is 0 Å². The molecule has 0 saturated heterocycles. The summed E-state index contributed by atoms with van der Waals surface area (Å²) in [7, 11) is 0. The molecular formula is C21H24. The molecule has 0 N–H and O–H groups in total. The highest BCUT2D eigenvalue weighted by Gasteiger charge is 2.07. The van der Waals surface area contributed by atoms with Crippen LogP contribution in [0, 0.1) is 12.8 Å². The van der Waals surface area contributed by atoms with Crippen LogP contribution in [-0.2, 0) is 6.42 Å². The molecule has 0 amide bonds. The second kappa shape index (κ2) is 5.89. The number of rotatable bonds is 4. The van der Waals surface area contributed by atoms with E-state index < -0.39 is 0 Å². The lowest BCUT2D eigenvalue weighted by Crippen LogP contribution is -2.01. The molecule has 0 aliphatic carbocycles. The van der Waals surface area contributed by atoms with Crippen LogP contribution < -0.4 is 0 Å². The molecule has 0 saturated carbocycles. The van der Waals surface area contributed by atoms with Crippen LogP contribution in [0.25, 0.3) is 21.5 Å². The van der Waals surface area contributed by atoms with E-state index in [-0.39, 0.29) is 0 Å². The largest absolute Gasteiger partial charge is 0.0651 e. The van der Waals surface area contributed by atoms with Gasteiger partial charge in [0, 0.05) is 0 Å². The molecule has 0 bridgehead atoms. The Morgan fingerprint density at radius 1 is 0.762 bits per heavy atom. The van der Waals surface area contributed by atoms with Crippen molar-refractivity contribution in [3.05, 3.63) is 59.7 Å². The lowest BCUT2D eigenvalue weighted by molar-refractivity contribution is 0.491. The van der Waals surface area contributed by atoms with E-state index in [2.05, 4.69) is 69.3 Å². The van der Waals surface area contributed by atoms with E-state index in [4.69, 9.17) is 0 Å². The summed E-state index contributed by atoms with van der Waals surface area (Å²) in [5.41, 5.74) is 2.80. The average Bonchev–Trinajstić information content (AvgIpc) is 2.51.